The predicted molar refractivity (Wildman–Crippen MR) is 98.1 cm³/mol. The summed E-state index contributed by atoms with van der Waals surface area (Å²) in [5, 5.41) is 2.59. The highest BCUT2D eigenvalue weighted by molar-refractivity contribution is 7.99. The standard InChI is InChI=1S/C21H21NS/c1-3-9-16(10-4-1)20-21(23-18-12-5-2-6-13-18)19-14-8-7-11-17(19)15-22-20/h2,5-8,11-16H,1,3-4,9-10H2. The average molecular weight is 319 g/mol. The van der Waals surface area contributed by atoms with Crippen molar-refractivity contribution in [2.75, 3.05) is 0 Å². The van der Waals surface area contributed by atoms with Crippen LogP contribution in [-0.2, 0) is 0 Å². The lowest BCUT2D eigenvalue weighted by Crippen LogP contribution is -2.08. The molecule has 0 spiro atoms. The molecule has 3 aromatic rings. The molecule has 1 fully saturated rings. The summed E-state index contributed by atoms with van der Waals surface area (Å²) in [6.45, 7) is 0. The minimum atomic E-state index is 0.625. The van der Waals surface area contributed by atoms with Crippen LogP contribution in [0.4, 0.5) is 0 Å². The Morgan fingerprint density at radius 1 is 0.826 bits per heavy atom. The molecule has 0 amide bonds. The first-order valence-electron chi connectivity index (χ1n) is 8.52. The van der Waals surface area contributed by atoms with Gasteiger partial charge in [0, 0.05) is 27.3 Å². The molecule has 0 aliphatic heterocycles. The van der Waals surface area contributed by atoms with Crippen molar-refractivity contribution in [1.82, 2.24) is 4.98 Å². The number of hydrogen-bond donors (Lipinski definition) is 0. The van der Waals surface area contributed by atoms with Crippen molar-refractivity contribution in [3.8, 4) is 0 Å². The van der Waals surface area contributed by atoms with Crippen LogP contribution in [0.5, 0.6) is 0 Å². The zero-order valence-electron chi connectivity index (χ0n) is 13.2. The molecule has 23 heavy (non-hydrogen) atoms. The third-order valence-electron chi connectivity index (χ3n) is 4.74. The summed E-state index contributed by atoms with van der Waals surface area (Å²) < 4.78 is 0. The van der Waals surface area contributed by atoms with Crippen LogP contribution in [0, 0.1) is 0 Å². The molecular formula is C21H21NS. The molecule has 1 aliphatic rings. The highest BCUT2D eigenvalue weighted by atomic mass is 32.2. The largest absolute Gasteiger partial charge is 0.259 e. The Morgan fingerprint density at radius 3 is 2.39 bits per heavy atom. The predicted octanol–water partition coefficient (Wildman–Crippen LogP) is 6.43. The SMILES string of the molecule is c1ccc(Sc2c(C3CCCCC3)ncc3ccccc23)cc1. The van der Waals surface area contributed by atoms with E-state index in [1.807, 2.05) is 11.8 Å². The molecule has 0 bridgehead atoms. The van der Waals surface area contributed by atoms with Crippen LogP contribution in [-0.4, -0.2) is 4.98 Å². The zero-order chi connectivity index (χ0) is 15.5. The summed E-state index contributed by atoms with van der Waals surface area (Å²) in [6.07, 6.45) is 8.70. The van der Waals surface area contributed by atoms with Crippen LogP contribution < -0.4 is 0 Å². The second-order valence-corrected chi connectivity index (χ2v) is 7.39. The molecule has 1 heterocycles. The quantitative estimate of drug-likeness (QED) is 0.551. The maximum absolute atomic E-state index is 4.91. The van der Waals surface area contributed by atoms with Crippen LogP contribution >= 0.6 is 11.8 Å². The number of pyridine rings is 1. The molecule has 0 unspecified atom stereocenters. The highest BCUT2D eigenvalue weighted by Gasteiger charge is 2.21. The Balaban J connectivity index is 1.82. The molecule has 1 saturated carbocycles. The van der Waals surface area contributed by atoms with Gasteiger partial charge in [0.2, 0.25) is 0 Å². The first kappa shape index (κ1) is 14.8. The molecule has 4 rings (SSSR count). The fourth-order valence-corrected chi connectivity index (χ4v) is 4.68. The Labute approximate surface area is 142 Å². The molecule has 2 heteroatoms. The number of benzene rings is 2. The van der Waals surface area contributed by atoms with E-state index in [0.29, 0.717) is 5.92 Å². The van der Waals surface area contributed by atoms with E-state index >= 15 is 0 Å². The number of nitrogens with zero attached hydrogens (tertiary/aromatic N) is 1. The average Bonchev–Trinajstić information content (AvgIpc) is 2.64. The summed E-state index contributed by atoms with van der Waals surface area (Å²) in [7, 11) is 0. The first-order chi connectivity index (χ1) is 11.4. The third-order valence-corrected chi connectivity index (χ3v) is 5.88. The van der Waals surface area contributed by atoms with Crippen molar-refractivity contribution < 1.29 is 0 Å². The maximum Gasteiger partial charge on any atom is 0.0580 e. The van der Waals surface area contributed by atoms with Gasteiger partial charge in [-0.15, -0.1) is 0 Å². The molecule has 1 aliphatic carbocycles. The molecule has 2 aromatic carbocycles. The Bertz CT molecular complexity index is 791. The Hall–Kier alpha value is -1.80. The number of hydrogen-bond acceptors (Lipinski definition) is 2. The van der Waals surface area contributed by atoms with E-state index < -0.39 is 0 Å². The molecule has 1 nitrogen and oxygen atoms in total. The van der Waals surface area contributed by atoms with Crippen molar-refractivity contribution in [2.24, 2.45) is 0 Å². The summed E-state index contributed by atoms with van der Waals surface area (Å²) in [5.74, 6) is 0.625. The number of rotatable bonds is 3. The van der Waals surface area contributed by atoms with Crippen molar-refractivity contribution in [2.45, 2.75) is 47.8 Å². The van der Waals surface area contributed by atoms with Crippen LogP contribution in [0.2, 0.25) is 0 Å². The molecule has 0 radical (unpaired) electrons. The van der Waals surface area contributed by atoms with E-state index in [9.17, 15) is 0 Å². The van der Waals surface area contributed by atoms with Gasteiger partial charge in [0.05, 0.1) is 5.69 Å². The van der Waals surface area contributed by atoms with Crippen molar-refractivity contribution >= 4 is 22.5 Å². The zero-order valence-corrected chi connectivity index (χ0v) is 14.1. The Kier molecular flexibility index (Phi) is 4.34. The molecule has 0 atom stereocenters. The topological polar surface area (TPSA) is 12.9 Å². The molecule has 1 aromatic heterocycles. The fraction of sp³-hybridized carbons (Fsp3) is 0.286. The van der Waals surface area contributed by atoms with E-state index in [1.54, 1.807) is 0 Å². The molecule has 0 N–H and O–H groups in total. The Morgan fingerprint density at radius 2 is 1.57 bits per heavy atom. The van der Waals surface area contributed by atoms with Crippen LogP contribution in [0.1, 0.15) is 43.7 Å². The van der Waals surface area contributed by atoms with E-state index in [0.717, 1.165) is 0 Å². The monoisotopic (exact) mass is 319 g/mol. The summed E-state index contributed by atoms with van der Waals surface area (Å²) in [5.41, 5.74) is 1.32. The second-order valence-electron chi connectivity index (χ2n) is 6.31. The molecular weight excluding hydrogens is 298 g/mol. The van der Waals surface area contributed by atoms with Crippen molar-refractivity contribution in [1.29, 1.82) is 0 Å². The van der Waals surface area contributed by atoms with Crippen LogP contribution in [0.3, 0.4) is 0 Å². The van der Waals surface area contributed by atoms with Gasteiger partial charge in [-0.05, 0) is 30.4 Å². The first-order valence-corrected chi connectivity index (χ1v) is 9.34. The fourth-order valence-electron chi connectivity index (χ4n) is 3.53. The molecule has 0 saturated heterocycles. The lowest BCUT2D eigenvalue weighted by Gasteiger charge is -2.24. The summed E-state index contributed by atoms with van der Waals surface area (Å²) in [6, 6.07) is 19.3. The lowest BCUT2D eigenvalue weighted by atomic mass is 9.86. The van der Waals surface area contributed by atoms with Gasteiger partial charge in [0.1, 0.15) is 0 Å². The van der Waals surface area contributed by atoms with Gasteiger partial charge in [-0.1, -0.05) is 73.5 Å². The highest BCUT2D eigenvalue weighted by Crippen LogP contribution is 2.42. The van der Waals surface area contributed by atoms with Gasteiger partial charge in [0.25, 0.3) is 0 Å². The lowest BCUT2D eigenvalue weighted by molar-refractivity contribution is 0.432. The minimum absolute atomic E-state index is 0.625. The summed E-state index contributed by atoms with van der Waals surface area (Å²) >= 11 is 1.87. The van der Waals surface area contributed by atoms with Crippen LogP contribution in [0.25, 0.3) is 10.8 Å². The van der Waals surface area contributed by atoms with Crippen LogP contribution in [0.15, 0.2) is 70.6 Å². The van der Waals surface area contributed by atoms with Crippen molar-refractivity contribution in [3.05, 3.63) is 66.5 Å². The maximum atomic E-state index is 4.91. The van der Waals surface area contributed by atoms with Gasteiger partial charge >= 0.3 is 0 Å². The minimum Gasteiger partial charge on any atom is -0.259 e. The smallest absolute Gasteiger partial charge is 0.0580 e. The summed E-state index contributed by atoms with van der Waals surface area (Å²) in [4.78, 5) is 7.56. The second kappa shape index (κ2) is 6.76. The van der Waals surface area contributed by atoms with E-state index in [4.69, 9.17) is 4.98 Å². The third kappa shape index (κ3) is 3.13. The van der Waals surface area contributed by atoms with Gasteiger partial charge in [-0.3, -0.25) is 4.98 Å². The normalized spacial score (nSPS) is 15.8. The van der Waals surface area contributed by atoms with Gasteiger partial charge < -0.3 is 0 Å². The number of aromatic nitrogens is 1. The van der Waals surface area contributed by atoms with E-state index in [1.165, 1.54) is 58.4 Å². The van der Waals surface area contributed by atoms with Gasteiger partial charge in [-0.2, -0.15) is 0 Å². The van der Waals surface area contributed by atoms with E-state index in [-0.39, 0.29) is 0 Å². The van der Waals surface area contributed by atoms with Crippen molar-refractivity contribution in [3.63, 3.8) is 0 Å². The molecule has 116 valence electrons. The van der Waals surface area contributed by atoms with Gasteiger partial charge in [0.15, 0.2) is 0 Å². The van der Waals surface area contributed by atoms with Gasteiger partial charge in [-0.25, -0.2) is 0 Å². The number of fused-ring (bicyclic) bond motifs is 1. The van der Waals surface area contributed by atoms with E-state index in [2.05, 4.69) is 60.8 Å².